The average Bonchev–Trinajstić information content (AvgIpc) is 2.51. The van der Waals surface area contributed by atoms with Crippen LogP contribution in [0.15, 0.2) is 23.0 Å². The number of hydrogen-bond donors (Lipinski definition) is 1. The highest BCUT2D eigenvalue weighted by Gasteiger charge is 2.12. The second kappa shape index (κ2) is 6.77. The molecule has 1 amide bonds. The molecule has 1 aromatic carbocycles. The van der Waals surface area contributed by atoms with Crippen molar-refractivity contribution in [2.75, 3.05) is 13.1 Å². The van der Waals surface area contributed by atoms with Gasteiger partial charge in [0.1, 0.15) is 0 Å². The Kier molecular flexibility index (Phi) is 5.01. The number of carbonyl (C=O) groups is 1. The van der Waals surface area contributed by atoms with Gasteiger partial charge in [-0.1, -0.05) is 12.1 Å². The van der Waals surface area contributed by atoms with Gasteiger partial charge in [-0.05, 0) is 56.7 Å². The summed E-state index contributed by atoms with van der Waals surface area (Å²) in [5, 5.41) is 1.02. The second-order valence-corrected chi connectivity index (χ2v) is 5.66. The van der Waals surface area contributed by atoms with Crippen molar-refractivity contribution in [1.82, 2.24) is 9.88 Å². The summed E-state index contributed by atoms with van der Waals surface area (Å²) in [6.45, 7) is 9.40. The summed E-state index contributed by atoms with van der Waals surface area (Å²) in [7, 11) is 0. The van der Waals surface area contributed by atoms with Gasteiger partial charge in [0, 0.05) is 25.1 Å². The van der Waals surface area contributed by atoms with Gasteiger partial charge in [-0.2, -0.15) is 0 Å². The monoisotopic (exact) mass is 300 g/mol. The fraction of sp³-hybridized carbons (Fsp3) is 0.444. The zero-order chi connectivity index (χ0) is 16.3. The molecular weight excluding hydrogens is 276 g/mol. The summed E-state index contributed by atoms with van der Waals surface area (Å²) in [5.74, 6) is 0.101. The standard InChI is InChI=1S/C18H24N2O2/c1-5-20(6-2)16(21)10-9-15-11-14-8-7-12(3)13(4)17(14)19-18(15)22/h7-8,11H,5-6,9-10H2,1-4H3,(H,19,22). The van der Waals surface area contributed by atoms with Crippen molar-refractivity contribution in [3.8, 4) is 0 Å². The first-order chi connectivity index (χ1) is 10.5. The third kappa shape index (κ3) is 3.21. The van der Waals surface area contributed by atoms with Crippen LogP contribution in [0.25, 0.3) is 10.9 Å². The van der Waals surface area contributed by atoms with Crippen LogP contribution in [-0.4, -0.2) is 28.9 Å². The molecule has 2 rings (SSSR count). The molecule has 2 aromatic rings. The first-order valence-corrected chi connectivity index (χ1v) is 7.87. The largest absolute Gasteiger partial charge is 0.343 e. The van der Waals surface area contributed by atoms with Gasteiger partial charge >= 0.3 is 0 Å². The molecule has 4 heteroatoms. The van der Waals surface area contributed by atoms with Gasteiger partial charge in [0.05, 0.1) is 5.52 Å². The minimum absolute atomic E-state index is 0.0893. The second-order valence-electron chi connectivity index (χ2n) is 5.66. The lowest BCUT2D eigenvalue weighted by atomic mass is 10.0. The van der Waals surface area contributed by atoms with Crippen LogP contribution in [0.1, 0.15) is 37.0 Å². The summed E-state index contributed by atoms with van der Waals surface area (Å²) in [6, 6.07) is 5.99. The Morgan fingerprint density at radius 1 is 1.18 bits per heavy atom. The van der Waals surface area contributed by atoms with E-state index in [1.165, 1.54) is 0 Å². The number of fused-ring (bicyclic) bond motifs is 1. The van der Waals surface area contributed by atoms with Crippen molar-refractivity contribution in [2.24, 2.45) is 0 Å². The molecular formula is C18H24N2O2. The van der Waals surface area contributed by atoms with Crippen LogP contribution in [0.3, 0.4) is 0 Å². The highest BCUT2D eigenvalue weighted by atomic mass is 16.2. The van der Waals surface area contributed by atoms with Gasteiger partial charge in [0.15, 0.2) is 0 Å². The molecule has 0 atom stereocenters. The number of aromatic nitrogens is 1. The number of rotatable bonds is 5. The van der Waals surface area contributed by atoms with E-state index in [0.717, 1.165) is 22.0 Å². The summed E-state index contributed by atoms with van der Waals surface area (Å²) in [5.41, 5.74) is 3.74. The van der Waals surface area contributed by atoms with E-state index in [2.05, 4.69) is 11.1 Å². The van der Waals surface area contributed by atoms with Crippen molar-refractivity contribution >= 4 is 16.8 Å². The molecule has 1 heterocycles. The number of nitrogens with zero attached hydrogens (tertiary/aromatic N) is 1. The number of aromatic amines is 1. The number of hydrogen-bond acceptors (Lipinski definition) is 2. The molecule has 0 aliphatic carbocycles. The van der Waals surface area contributed by atoms with E-state index in [1.807, 2.05) is 39.8 Å². The van der Waals surface area contributed by atoms with E-state index < -0.39 is 0 Å². The highest BCUT2D eigenvalue weighted by molar-refractivity contribution is 5.83. The molecule has 0 saturated heterocycles. The lowest BCUT2D eigenvalue weighted by molar-refractivity contribution is -0.130. The Morgan fingerprint density at radius 3 is 2.50 bits per heavy atom. The van der Waals surface area contributed by atoms with Gasteiger partial charge in [0.25, 0.3) is 5.56 Å². The average molecular weight is 300 g/mol. The normalized spacial score (nSPS) is 10.9. The Hall–Kier alpha value is -2.10. The van der Waals surface area contributed by atoms with Crippen LogP contribution < -0.4 is 5.56 Å². The quantitative estimate of drug-likeness (QED) is 0.923. The highest BCUT2D eigenvalue weighted by Crippen LogP contribution is 2.19. The van der Waals surface area contributed by atoms with E-state index in [9.17, 15) is 9.59 Å². The Labute approximate surface area is 131 Å². The summed E-state index contributed by atoms with van der Waals surface area (Å²) in [6.07, 6.45) is 0.856. The Balaban J connectivity index is 2.26. The molecule has 1 N–H and O–H groups in total. The van der Waals surface area contributed by atoms with Gasteiger partial charge in [-0.15, -0.1) is 0 Å². The predicted molar refractivity (Wildman–Crippen MR) is 90.3 cm³/mol. The minimum Gasteiger partial charge on any atom is -0.343 e. The molecule has 118 valence electrons. The lowest BCUT2D eigenvalue weighted by Gasteiger charge is -2.18. The van der Waals surface area contributed by atoms with Crippen LogP contribution >= 0.6 is 0 Å². The lowest BCUT2D eigenvalue weighted by Crippen LogP contribution is -2.31. The molecule has 0 aliphatic rings. The van der Waals surface area contributed by atoms with Crippen LogP contribution in [0.5, 0.6) is 0 Å². The minimum atomic E-state index is -0.0893. The van der Waals surface area contributed by atoms with E-state index in [1.54, 1.807) is 4.90 Å². The van der Waals surface area contributed by atoms with E-state index in [0.29, 0.717) is 31.5 Å². The number of H-pyrrole nitrogens is 1. The number of carbonyl (C=O) groups excluding carboxylic acids is 1. The van der Waals surface area contributed by atoms with E-state index >= 15 is 0 Å². The molecule has 22 heavy (non-hydrogen) atoms. The van der Waals surface area contributed by atoms with Crippen LogP contribution in [-0.2, 0) is 11.2 Å². The number of aryl methyl sites for hydroxylation is 3. The predicted octanol–water partition coefficient (Wildman–Crippen LogP) is 2.95. The number of nitrogens with one attached hydrogen (secondary N) is 1. The molecule has 0 spiro atoms. The molecule has 0 fully saturated rings. The van der Waals surface area contributed by atoms with Gasteiger partial charge in [-0.25, -0.2) is 0 Å². The van der Waals surface area contributed by atoms with E-state index in [4.69, 9.17) is 0 Å². The Morgan fingerprint density at radius 2 is 1.86 bits per heavy atom. The third-order valence-corrected chi connectivity index (χ3v) is 4.35. The number of pyridine rings is 1. The first-order valence-electron chi connectivity index (χ1n) is 7.87. The molecule has 0 unspecified atom stereocenters. The van der Waals surface area contributed by atoms with Crippen molar-refractivity contribution in [3.05, 3.63) is 45.2 Å². The first kappa shape index (κ1) is 16.3. The molecule has 0 aliphatic heterocycles. The summed E-state index contributed by atoms with van der Waals surface area (Å²) < 4.78 is 0. The van der Waals surface area contributed by atoms with Crippen molar-refractivity contribution < 1.29 is 4.79 Å². The fourth-order valence-corrected chi connectivity index (χ4v) is 2.73. The topological polar surface area (TPSA) is 53.2 Å². The van der Waals surface area contributed by atoms with Crippen molar-refractivity contribution in [3.63, 3.8) is 0 Å². The molecule has 1 aromatic heterocycles. The SMILES string of the molecule is CCN(CC)C(=O)CCc1cc2ccc(C)c(C)c2[nH]c1=O. The maximum atomic E-state index is 12.2. The molecule has 0 radical (unpaired) electrons. The van der Waals surface area contributed by atoms with Crippen molar-refractivity contribution in [2.45, 2.75) is 40.5 Å². The molecule has 0 saturated carbocycles. The zero-order valence-electron chi connectivity index (χ0n) is 13.8. The van der Waals surface area contributed by atoms with Crippen LogP contribution in [0.4, 0.5) is 0 Å². The van der Waals surface area contributed by atoms with Gasteiger partial charge in [0.2, 0.25) is 5.91 Å². The summed E-state index contributed by atoms with van der Waals surface area (Å²) in [4.78, 5) is 29.1. The molecule has 0 bridgehead atoms. The maximum absolute atomic E-state index is 12.2. The zero-order valence-corrected chi connectivity index (χ0v) is 13.8. The van der Waals surface area contributed by atoms with Crippen molar-refractivity contribution in [1.29, 1.82) is 0 Å². The number of amides is 1. The molecule has 4 nitrogen and oxygen atoms in total. The summed E-state index contributed by atoms with van der Waals surface area (Å²) >= 11 is 0. The fourth-order valence-electron chi connectivity index (χ4n) is 2.73. The Bertz CT molecular complexity index is 743. The maximum Gasteiger partial charge on any atom is 0.251 e. The van der Waals surface area contributed by atoms with Crippen LogP contribution in [0, 0.1) is 13.8 Å². The van der Waals surface area contributed by atoms with E-state index in [-0.39, 0.29) is 11.5 Å². The van der Waals surface area contributed by atoms with Gasteiger partial charge in [-0.3, -0.25) is 9.59 Å². The number of benzene rings is 1. The van der Waals surface area contributed by atoms with Gasteiger partial charge < -0.3 is 9.88 Å². The van der Waals surface area contributed by atoms with Crippen LogP contribution in [0.2, 0.25) is 0 Å². The smallest absolute Gasteiger partial charge is 0.251 e. The third-order valence-electron chi connectivity index (χ3n) is 4.35.